The number of aromatic amines is 2. The monoisotopic (exact) mass is 350 g/mol. The van der Waals surface area contributed by atoms with Crippen LogP contribution >= 0.6 is 0 Å². The summed E-state index contributed by atoms with van der Waals surface area (Å²) in [5.74, 6) is 1.42. The van der Waals surface area contributed by atoms with Crippen molar-refractivity contribution in [3.05, 3.63) is 48.3 Å². The minimum Gasteiger partial charge on any atom is -0.383 e. The molecule has 0 amide bonds. The van der Waals surface area contributed by atoms with Crippen LogP contribution in [0.2, 0.25) is 0 Å². The van der Waals surface area contributed by atoms with E-state index < -0.39 is 0 Å². The lowest BCUT2D eigenvalue weighted by atomic mass is 10.1. The Bertz CT molecular complexity index is 1010. The average molecular weight is 350 g/mol. The molecule has 7 nitrogen and oxygen atoms in total. The van der Waals surface area contributed by atoms with Crippen LogP contribution < -0.4 is 10.6 Å². The number of benzene rings is 1. The molecule has 0 bridgehead atoms. The van der Waals surface area contributed by atoms with Crippen LogP contribution in [-0.2, 0) is 11.2 Å². The molecule has 0 saturated carbocycles. The van der Waals surface area contributed by atoms with E-state index in [-0.39, 0.29) is 0 Å². The fourth-order valence-corrected chi connectivity index (χ4v) is 3.07. The predicted molar refractivity (Wildman–Crippen MR) is 105 cm³/mol. The molecule has 0 saturated heterocycles. The Balaban J connectivity index is 1.46. The van der Waals surface area contributed by atoms with E-state index in [1.54, 1.807) is 7.11 Å². The zero-order valence-electron chi connectivity index (χ0n) is 14.7. The summed E-state index contributed by atoms with van der Waals surface area (Å²) in [6.45, 7) is 2.08. The first kappa shape index (κ1) is 16.4. The van der Waals surface area contributed by atoms with Gasteiger partial charge in [-0.05, 0) is 24.1 Å². The van der Waals surface area contributed by atoms with Gasteiger partial charge in [0, 0.05) is 43.5 Å². The highest BCUT2D eigenvalue weighted by molar-refractivity contribution is 5.88. The number of fused-ring (bicyclic) bond motifs is 2. The van der Waals surface area contributed by atoms with Crippen LogP contribution in [0.1, 0.15) is 5.56 Å². The topological polar surface area (TPSA) is 90.7 Å². The maximum absolute atomic E-state index is 5.10. The van der Waals surface area contributed by atoms with Gasteiger partial charge in [-0.3, -0.25) is 0 Å². The van der Waals surface area contributed by atoms with Crippen molar-refractivity contribution in [1.29, 1.82) is 0 Å². The van der Waals surface area contributed by atoms with Crippen LogP contribution in [-0.4, -0.2) is 46.7 Å². The van der Waals surface area contributed by atoms with Gasteiger partial charge in [0.1, 0.15) is 11.5 Å². The van der Waals surface area contributed by atoms with Crippen LogP contribution in [0.25, 0.3) is 21.9 Å². The van der Waals surface area contributed by atoms with E-state index in [0.29, 0.717) is 19.1 Å². The first-order valence-corrected chi connectivity index (χ1v) is 8.72. The zero-order chi connectivity index (χ0) is 17.8. The second-order valence-electron chi connectivity index (χ2n) is 6.09. The van der Waals surface area contributed by atoms with E-state index in [1.807, 2.05) is 18.3 Å². The van der Waals surface area contributed by atoms with Crippen LogP contribution in [0.4, 0.5) is 11.8 Å². The van der Waals surface area contributed by atoms with Gasteiger partial charge < -0.3 is 25.3 Å². The first-order valence-electron chi connectivity index (χ1n) is 8.72. The van der Waals surface area contributed by atoms with Crippen molar-refractivity contribution >= 4 is 33.7 Å². The third kappa shape index (κ3) is 3.34. The lowest BCUT2D eigenvalue weighted by Gasteiger charge is -2.09. The molecule has 26 heavy (non-hydrogen) atoms. The van der Waals surface area contributed by atoms with Gasteiger partial charge in [0.05, 0.1) is 12.0 Å². The molecule has 134 valence electrons. The Kier molecular flexibility index (Phi) is 4.70. The molecule has 4 aromatic rings. The van der Waals surface area contributed by atoms with E-state index >= 15 is 0 Å². The van der Waals surface area contributed by atoms with E-state index in [4.69, 9.17) is 4.74 Å². The van der Waals surface area contributed by atoms with Crippen LogP contribution in [0.3, 0.4) is 0 Å². The quantitative estimate of drug-likeness (QED) is 0.367. The smallest absolute Gasteiger partial charge is 0.226 e. The standard InChI is InChI=1S/C19H22N6O/c1-26-11-10-21-18-15-7-9-20-17(15)24-19(25-18)22-8-6-13-12-23-16-5-3-2-4-14(13)16/h2-5,7,9,12,23H,6,8,10-11H2,1H3,(H3,20,21,22,24,25). The Hall–Kier alpha value is -3.06. The molecule has 3 aromatic heterocycles. The highest BCUT2D eigenvalue weighted by atomic mass is 16.5. The molecule has 4 N–H and O–H groups in total. The van der Waals surface area contributed by atoms with Gasteiger partial charge in [-0.1, -0.05) is 18.2 Å². The first-order chi connectivity index (χ1) is 12.8. The van der Waals surface area contributed by atoms with Crippen molar-refractivity contribution in [2.75, 3.05) is 37.4 Å². The number of para-hydroxylation sites is 1. The molecule has 0 radical (unpaired) electrons. The molecule has 0 aliphatic carbocycles. The Morgan fingerprint density at radius 3 is 2.85 bits per heavy atom. The van der Waals surface area contributed by atoms with Gasteiger partial charge in [-0.15, -0.1) is 0 Å². The van der Waals surface area contributed by atoms with Crippen LogP contribution in [0, 0.1) is 0 Å². The van der Waals surface area contributed by atoms with Gasteiger partial charge in [0.2, 0.25) is 5.95 Å². The largest absolute Gasteiger partial charge is 0.383 e. The van der Waals surface area contributed by atoms with Crippen molar-refractivity contribution in [3.63, 3.8) is 0 Å². The number of rotatable bonds is 8. The fourth-order valence-electron chi connectivity index (χ4n) is 3.07. The third-order valence-corrected chi connectivity index (χ3v) is 4.37. The molecule has 0 atom stereocenters. The number of hydrogen-bond acceptors (Lipinski definition) is 5. The number of H-pyrrole nitrogens is 2. The summed E-state index contributed by atoms with van der Waals surface area (Å²) in [6.07, 6.45) is 4.83. The number of anilines is 2. The molecule has 0 aliphatic heterocycles. The second-order valence-corrected chi connectivity index (χ2v) is 6.09. The molecule has 7 heteroatoms. The zero-order valence-corrected chi connectivity index (χ0v) is 14.7. The second kappa shape index (κ2) is 7.45. The van der Waals surface area contributed by atoms with Gasteiger partial charge in [-0.2, -0.15) is 9.97 Å². The minimum absolute atomic E-state index is 0.611. The molecule has 0 fully saturated rings. The van der Waals surface area contributed by atoms with Gasteiger partial charge in [0.15, 0.2) is 0 Å². The summed E-state index contributed by atoms with van der Waals surface area (Å²) in [5, 5.41) is 8.87. The number of aromatic nitrogens is 4. The molecule has 1 aromatic carbocycles. The van der Waals surface area contributed by atoms with Gasteiger partial charge in [0.25, 0.3) is 0 Å². The molecule has 3 heterocycles. The van der Waals surface area contributed by atoms with Gasteiger partial charge in [-0.25, -0.2) is 0 Å². The molecular weight excluding hydrogens is 328 g/mol. The van der Waals surface area contributed by atoms with E-state index in [1.165, 1.54) is 10.9 Å². The van der Waals surface area contributed by atoms with E-state index in [2.05, 4.69) is 55.0 Å². The summed E-state index contributed by atoms with van der Waals surface area (Å²) in [5.41, 5.74) is 3.26. The lowest BCUT2D eigenvalue weighted by Crippen LogP contribution is -2.12. The molecular formula is C19H22N6O. The van der Waals surface area contributed by atoms with E-state index in [0.717, 1.165) is 35.3 Å². The maximum atomic E-state index is 5.10. The minimum atomic E-state index is 0.611. The molecule has 0 aliphatic rings. The van der Waals surface area contributed by atoms with Crippen molar-refractivity contribution in [1.82, 2.24) is 19.9 Å². The molecule has 4 rings (SSSR count). The summed E-state index contributed by atoms with van der Waals surface area (Å²) in [7, 11) is 1.69. The van der Waals surface area contributed by atoms with Crippen LogP contribution in [0.5, 0.6) is 0 Å². The summed E-state index contributed by atoms with van der Waals surface area (Å²) in [4.78, 5) is 15.6. The number of nitrogens with one attached hydrogen (secondary N) is 4. The summed E-state index contributed by atoms with van der Waals surface area (Å²) >= 11 is 0. The number of methoxy groups -OCH3 is 1. The van der Waals surface area contributed by atoms with Gasteiger partial charge >= 0.3 is 0 Å². The average Bonchev–Trinajstić information content (AvgIpc) is 3.29. The van der Waals surface area contributed by atoms with Crippen molar-refractivity contribution < 1.29 is 4.74 Å². The molecule has 0 spiro atoms. The normalized spacial score (nSPS) is 11.3. The maximum Gasteiger partial charge on any atom is 0.226 e. The van der Waals surface area contributed by atoms with Crippen LogP contribution in [0.15, 0.2) is 42.7 Å². The highest BCUT2D eigenvalue weighted by Gasteiger charge is 2.09. The lowest BCUT2D eigenvalue weighted by molar-refractivity contribution is 0.210. The Morgan fingerprint density at radius 1 is 1.00 bits per heavy atom. The summed E-state index contributed by atoms with van der Waals surface area (Å²) < 4.78 is 5.10. The fraction of sp³-hybridized carbons (Fsp3) is 0.263. The Labute approximate surface area is 151 Å². The summed E-state index contributed by atoms with van der Waals surface area (Å²) in [6, 6.07) is 10.3. The Morgan fingerprint density at radius 2 is 1.92 bits per heavy atom. The molecule has 0 unspecified atom stereocenters. The number of ether oxygens (including phenoxy) is 1. The van der Waals surface area contributed by atoms with E-state index in [9.17, 15) is 0 Å². The highest BCUT2D eigenvalue weighted by Crippen LogP contribution is 2.21. The predicted octanol–water partition coefficient (Wildman–Crippen LogP) is 3.15. The third-order valence-electron chi connectivity index (χ3n) is 4.37. The van der Waals surface area contributed by atoms with Crippen molar-refractivity contribution in [3.8, 4) is 0 Å². The number of nitrogens with zero attached hydrogens (tertiary/aromatic N) is 2. The number of hydrogen-bond donors (Lipinski definition) is 4. The van der Waals surface area contributed by atoms with Crippen molar-refractivity contribution in [2.45, 2.75) is 6.42 Å². The SMILES string of the molecule is COCCNc1nc(NCCc2c[nH]c3ccccc23)nc2[nH]ccc12. The van der Waals surface area contributed by atoms with Crippen molar-refractivity contribution in [2.24, 2.45) is 0 Å².